The first-order valence-corrected chi connectivity index (χ1v) is 9.81. The molecule has 0 aliphatic heterocycles. The van der Waals surface area contributed by atoms with Gasteiger partial charge in [0.05, 0.1) is 11.7 Å². The number of halogens is 1. The van der Waals surface area contributed by atoms with Gasteiger partial charge < -0.3 is 10.6 Å². The Morgan fingerprint density at radius 3 is 2.25 bits per heavy atom. The lowest BCUT2D eigenvalue weighted by Gasteiger charge is -2.16. The van der Waals surface area contributed by atoms with Crippen LogP contribution < -0.4 is 10.6 Å². The van der Waals surface area contributed by atoms with Gasteiger partial charge in [0.1, 0.15) is 0 Å². The summed E-state index contributed by atoms with van der Waals surface area (Å²) < 4.78 is 0.778. The summed E-state index contributed by atoms with van der Waals surface area (Å²) in [6.45, 7) is 2.39. The van der Waals surface area contributed by atoms with Crippen molar-refractivity contribution in [1.29, 1.82) is 0 Å². The van der Waals surface area contributed by atoms with E-state index < -0.39 is 6.04 Å². The third-order valence-corrected chi connectivity index (χ3v) is 4.86. The van der Waals surface area contributed by atoms with Gasteiger partial charge in [-0.05, 0) is 30.7 Å². The maximum absolute atomic E-state index is 12.9. The van der Waals surface area contributed by atoms with E-state index in [1.807, 2.05) is 48.5 Å². The number of hydrogen-bond acceptors (Lipinski definition) is 3. The van der Waals surface area contributed by atoms with Gasteiger partial charge in [-0.2, -0.15) is 0 Å². The van der Waals surface area contributed by atoms with Crippen molar-refractivity contribution >= 4 is 33.3 Å². The topological polar surface area (TPSA) is 58.2 Å². The van der Waals surface area contributed by atoms with Gasteiger partial charge in [-0.1, -0.05) is 76.6 Å². The summed E-state index contributed by atoms with van der Waals surface area (Å²) in [6.07, 6.45) is 0. The minimum atomic E-state index is -0.413. The Kier molecular flexibility index (Phi) is 6.74. The first kappa shape index (κ1) is 20.0. The van der Waals surface area contributed by atoms with Crippen LogP contribution in [0.4, 0.5) is 5.69 Å². The van der Waals surface area contributed by atoms with E-state index in [9.17, 15) is 9.59 Å². The second-order valence-electron chi connectivity index (χ2n) is 6.46. The summed E-state index contributed by atoms with van der Waals surface area (Å²) in [7, 11) is 0. The van der Waals surface area contributed by atoms with Crippen molar-refractivity contribution in [3.05, 3.63) is 100 Å². The van der Waals surface area contributed by atoms with Gasteiger partial charge in [0, 0.05) is 22.1 Å². The average molecular weight is 437 g/mol. The van der Waals surface area contributed by atoms with Crippen LogP contribution in [0.15, 0.2) is 83.3 Å². The van der Waals surface area contributed by atoms with Crippen LogP contribution in [0.25, 0.3) is 0 Å². The Bertz CT molecular complexity index is 959. The second kappa shape index (κ2) is 9.44. The molecule has 2 N–H and O–H groups in total. The number of hydrogen-bond donors (Lipinski definition) is 2. The number of nitrogens with one attached hydrogen (secondary N) is 2. The molecule has 28 heavy (non-hydrogen) atoms. The molecule has 0 saturated carbocycles. The third-order valence-electron chi connectivity index (χ3n) is 4.37. The standard InChI is InChI=1S/C23H21BrN2O2/c1-16(25-15-17-8-4-2-5-9-17)23(28)26-21-13-12-19(24)14-20(21)22(27)18-10-6-3-7-11-18/h2-14,16,25H,15H2,1H3,(H,26,28). The quantitative estimate of drug-likeness (QED) is 0.523. The van der Waals surface area contributed by atoms with Crippen molar-refractivity contribution in [2.24, 2.45) is 0 Å². The lowest BCUT2D eigenvalue weighted by Crippen LogP contribution is -2.37. The molecule has 3 aromatic rings. The molecule has 0 bridgehead atoms. The zero-order valence-corrected chi connectivity index (χ0v) is 17.1. The molecule has 4 nitrogen and oxygen atoms in total. The molecule has 1 amide bonds. The molecular weight excluding hydrogens is 416 g/mol. The first-order valence-electron chi connectivity index (χ1n) is 9.02. The summed E-state index contributed by atoms with van der Waals surface area (Å²) >= 11 is 3.41. The van der Waals surface area contributed by atoms with Crippen LogP contribution in [-0.2, 0) is 11.3 Å². The van der Waals surface area contributed by atoms with Crippen molar-refractivity contribution in [1.82, 2.24) is 5.32 Å². The Morgan fingerprint density at radius 1 is 0.929 bits per heavy atom. The largest absolute Gasteiger partial charge is 0.324 e. The highest BCUT2D eigenvalue weighted by atomic mass is 79.9. The molecule has 0 radical (unpaired) electrons. The molecule has 0 aliphatic carbocycles. The average Bonchev–Trinajstić information content (AvgIpc) is 2.74. The Labute approximate surface area is 173 Å². The number of ketones is 1. The highest BCUT2D eigenvalue weighted by Gasteiger charge is 2.18. The van der Waals surface area contributed by atoms with Gasteiger partial charge >= 0.3 is 0 Å². The lowest BCUT2D eigenvalue weighted by molar-refractivity contribution is -0.117. The lowest BCUT2D eigenvalue weighted by atomic mass is 10.0. The van der Waals surface area contributed by atoms with Gasteiger partial charge in [-0.3, -0.25) is 9.59 Å². The molecule has 0 spiro atoms. The summed E-state index contributed by atoms with van der Waals surface area (Å²) in [5, 5.41) is 6.09. The third kappa shape index (κ3) is 5.15. The van der Waals surface area contributed by atoms with Crippen LogP contribution in [0.2, 0.25) is 0 Å². The molecule has 1 atom stereocenters. The second-order valence-corrected chi connectivity index (χ2v) is 7.38. The fourth-order valence-corrected chi connectivity index (χ4v) is 3.12. The molecule has 0 aliphatic rings. The van der Waals surface area contributed by atoms with Gasteiger partial charge in [-0.25, -0.2) is 0 Å². The Balaban J connectivity index is 1.73. The van der Waals surface area contributed by atoms with E-state index in [0.717, 1.165) is 10.0 Å². The molecule has 5 heteroatoms. The van der Waals surface area contributed by atoms with E-state index in [1.54, 1.807) is 37.3 Å². The zero-order valence-electron chi connectivity index (χ0n) is 15.5. The normalized spacial score (nSPS) is 11.6. The number of carbonyl (C=O) groups excluding carboxylic acids is 2. The monoisotopic (exact) mass is 436 g/mol. The van der Waals surface area contributed by atoms with Crippen LogP contribution in [-0.4, -0.2) is 17.7 Å². The van der Waals surface area contributed by atoms with Crippen LogP contribution >= 0.6 is 15.9 Å². The summed E-state index contributed by atoms with van der Waals surface area (Å²) in [4.78, 5) is 25.5. The molecule has 0 saturated heterocycles. The van der Waals surface area contributed by atoms with E-state index >= 15 is 0 Å². The van der Waals surface area contributed by atoms with Crippen molar-refractivity contribution < 1.29 is 9.59 Å². The van der Waals surface area contributed by atoms with Gasteiger partial charge in [-0.15, -0.1) is 0 Å². The van der Waals surface area contributed by atoms with E-state index in [-0.39, 0.29) is 11.7 Å². The zero-order chi connectivity index (χ0) is 19.9. The molecule has 3 rings (SSSR count). The van der Waals surface area contributed by atoms with Gasteiger partial charge in [0.2, 0.25) is 5.91 Å². The molecule has 142 valence electrons. The van der Waals surface area contributed by atoms with Crippen LogP contribution in [0, 0.1) is 0 Å². The molecule has 0 heterocycles. The molecular formula is C23H21BrN2O2. The molecule has 0 fully saturated rings. The van der Waals surface area contributed by atoms with Crippen LogP contribution in [0.1, 0.15) is 28.4 Å². The Hall–Kier alpha value is -2.76. The maximum Gasteiger partial charge on any atom is 0.241 e. The maximum atomic E-state index is 12.9. The van der Waals surface area contributed by atoms with Crippen molar-refractivity contribution in [3.63, 3.8) is 0 Å². The smallest absolute Gasteiger partial charge is 0.241 e. The predicted octanol–water partition coefficient (Wildman–Crippen LogP) is 4.80. The SMILES string of the molecule is CC(NCc1ccccc1)C(=O)Nc1ccc(Br)cc1C(=O)c1ccccc1. The number of carbonyl (C=O) groups is 2. The molecule has 1 unspecified atom stereocenters. The fourth-order valence-electron chi connectivity index (χ4n) is 2.76. The summed E-state index contributed by atoms with van der Waals surface area (Å²) in [5.41, 5.74) is 2.62. The van der Waals surface area contributed by atoms with Gasteiger partial charge in [0.15, 0.2) is 5.78 Å². The summed E-state index contributed by atoms with van der Waals surface area (Å²) in [6, 6.07) is 23.8. The van der Waals surface area contributed by atoms with E-state index in [1.165, 1.54) is 0 Å². The van der Waals surface area contributed by atoms with Crippen LogP contribution in [0.3, 0.4) is 0 Å². The van der Waals surface area contributed by atoms with Crippen LogP contribution in [0.5, 0.6) is 0 Å². The first-order chi connectivity index (χ1) is 13.5. The van der Waals surface area contributed by atoms with E-state index in [2.05, 4.69) is 26.6 Å². The van der Waals surface area contributed by atoms with Gasteiger partial charge in [0.25, 0.3) is 0 Å². The Morgan fingerprint density at radius 2 is 1.57 bits per heavy atom. The minimum absolute atomic E-state index is 0.137. The minimum Gasteiger partial charge on any atom is -0.324 e. The molecule has 3 aromatic carbocycles. The number of anilines is 1. The highest BCUT2D eigenvalue weighted by molar-refractivity contribution is 9.10. The predicted molar refractivity (Wildman–Crippen MR) is 115 cm³/mol. The summed E-state index contributed by atoms with van der Waals surface area (Å²) in [5.74, 6) is -0.331. The number of benzene rings is 3. The fraction of sp³-hybridized carbons (Fsp3) is 0.130. The van der Waals surface area contributed by atoms with E-state index in [0.29, 0.717) is 23.4 Å². The molecule has 0 aromatic heterocycles. The number of rotatable bonds is 7. The number of amides is 1. The van der Waals surface area contributed by atoms with Crippen molar-refractivity contribution in [3.8, 4) is 0 Å². The van der Waals surface area contributed by atoms with Crippen molar-refractivity contribution in [2.75, 3.05) is 5.32 Å². The van der Waals surface area contributed by atoms with Crippen molar-refractivity contribution in [2.45, 2.75) is 19.5 Å². The van der Waals surface area contributed by atoms with E-state index in [4.69, 9.17) is 0 Å². The highest BCUT2D eigenvalue weighted by Crippen LogP contribution is 2.24.